The molecular formula is C13H11ClINOS. The Morgan fingerprint density at radius 3 is 2.94 bits per heavy atom. The molecule has 0 saturated carbocycles. The van der Waals surface area contributed by atoms with Crippen LogP contribution in [0.5, 0.6) is 0 Å². The number of hydrogen-bond acceptors (Lipinski definition) is 2. The number of rotatable bonds is 4. The SMILES string of the molecule is O=C(NCCc1cccs1)c1cc(Cl)ccc1I. The van der Waals surface area contributed by atoms with Crippen molar-refractivity contribution in [2.45, 2.75) is 6.42 Å². The molecule has 5 heteroatoms. The molecule has 0 bridgehead atoms. The van der Waals surface area contributed by atoms with Gasteiger partial charge in [-0.1, -0.05) is 17.7 Å². The van der Waals surface area contributed by atoms with Crippen LogP contribution in [0.15, 0.2) is 35.7 Å². The van der Waals surface area contributed by atoms with E-state index in [9.17, 15) is 4.79 Å². The normalized spacial score (nSPS) is 10.3. The molecule has 1 aromatic heterocycles. The molecule has 18 heavy (non-hydrogen) atoms. The van der Waals surface area contributed by atoms with Gasteiger partial charge in [0.15, 0.2) is 0 Å². The molecule has 0 fully saturated rings. The van der Waals surface area contributed by atoms with E-state index in [0.717, 1.165) is 9.99 Å². The van der Waals surface area contributed by atoms with E-state index < -0.39 is 0 Å². The standard InChI is InChI=1S/C13H11ClINOS/c14-9-3-4-12(15)11(8-9)13(17)16-6-5-10-2-1-7-18-10/h1-4,7-8H,5-6H2,(H,16,17). The Morgan fingerprint density at radius 1 is 1.39 bits per heavy atom. The summed E-state index contributed by atoms with van der Waals surface area (Å²) >= 11 is 9.73. The molecule has 1 amide bonds. The third-order valence-electron chi connectivity index (χ3n) is 2.41. The molecule has 0 unspecified atom stereocenters. The van der Waals surface area contributed by atoms with E-state index in [1.807, 2.05) is 17.5 Å². The molecule has 2 rings (SSSR count). The summed E-state index contributed by atoms with van der Waals surface area (Å²) in [5.74, 6) is -0.0709. The molecule has 0 saturated heterocycles. The highest BCUT2D eigenvalue weighted by Crippen LogP contribution is 2.17. The number of carbonyl (C=O) groups is 1. The predicted octanol–water partition coefficient (Wildman–Crippen LogP) is 3.98. The molecule has 0 aliphatic carbocycles. The molecule has 1 heterocycles. The van der Waals surface area contributed by atoms with E-state index in [0.29, 0.717) is 17.1 Å². The first-order valence-electron chi connectivity index (χ1n) is 5.42. The maximum atomic E-state index is 12.0. The van der Waals surface area contributed by atoms with Crippen LogP contribution in [-0.4, -0.2) is 12.5 Å². The molecule has 0 atom stereocenters. The van der Waals surface area contributed by atoms with Gasteiger partial charge in [-0.05, 0) is 58.7 Å². The maximum Gasteiger partial charge on any atom is 0.252 e. The highest BCUT2D eigenvalue weighted by Gasteiger charge is 2.09. The second-order valence-electron chi connectivity index (χ2n) is 3.71. The Kier molecular flexibility index (Phi) is 5.03. The summed E-state index contributed by atoms with van der Waals surface area (Å²) < 4.78 is 0.908. The van der Waals surface area contributed by atoms with E-state index in [2.05, 4.69) is 34.0 Å². The molecule has 94 valence electrons. The van der Waals surface area contributed by atoms with Crippen molar-refractivity contribution in [3.05, 3.63) is 54.7 Å². The van der Waals surface area contributed by atoms with E-state index in [1.54, 1.807) is 23.5 Å². The summed E-state index contributed by atoms with van der Waals surface area (Å²) in [7, 11) is 0. The topological polar surface area (TPSA) is 29.1 Å². The van der Waals surface area contributed by atoms with Crippen LogP contribution in [0.1, 0.15) is 15.2 Å². The summed E-state index contributed by atoms with van der Waals surface area (Å²) in [6.07, 6.45) is 0.862. The highest BCUT2D eigenvalue weighted by molar-refractivity contribution is 14.1. The van der Waals surface area contributed by atoms with Gasteiger partial charge < -0.3 is 5.32 Å². The fraction of sp³-hybridized carbons (Fsp3) is 0.154. The predicted molar refractivity (Wildman–Crippen MR) is 84.5 cm³/mol. The molecule has 0 aliphatic rings. The molecule has 2 aromatic rings. The zero-order chi connectivity index (χ0) is 13.0. The fourth-order valence-electron chi connectivity index (χ4n) is 1.52. The van der Waals surface area contributed by atoms with Crippen molar-refractivity contribution < 1.29 is 4.79 Å². The van der Waals surface area contributed by atoms with Gasteiger partial charge in [0.2, 0.25) is 0 Å². The van der Waals surface area contributed by atoms with Crippen LogP contribution in [0.4, 0.5) is 0 Å². The third-order valence-corrected chi connectivity index (χ3v) is 4.52. The van der Waals surface area contributed by atoms with Gasteiger partial charge >= 0.3 is 0 Å². The van der Waals surface area contributed by atoms with Crippen molar-refractivity contribution in [3.63, 3.8) is 0 Å². The van der Waals surface area contributed by atoms with E-state index in [4.69, 9.17) is 11.6 Å². The zero-order valence-corrected chi connectivity index (χ0v) is 13.2. The van der Waals surface area contributed by atoms with Gasteiger partial charge in [0.25, 0.3) is 5.91 Å². The smallest absolute Gasteiger partial charge is 0.252 e. The van der Waals surface area contributed by atoms with Crippen molar-refractivity contribution in [1.82, 2.24) is 5.32 Å². The largest absolute Gasteiger partial charge is 0.352 e. The number of nitrogens with one attached hydrogen (secondary N) is 1. The minimum Gasteiger partial charge on any atom is -0.352 e. The van der Waals surface area contributed by atoms with Crippen molar-refractivity contribution in [2.75, 3.05) is 6.54 Å². The van der Waals surface area contributed by atoms with Crippen LogP contribution in [0.25, 0.3) is 0 Å². The number of carbonyl (C=O) groups excluding carboxylic acids is 1. The fourth-order valence-corrected chi connectivity index (χ4v) is 2.98. The number of hydrogen-bond donors (Lipinski definition) is 1. The van der Waals surface area contributed by atoms with Gasteiger partial charge in [-0.3, -0.25) is 4.79 Å². The number of benzene rings is 1. The highest BCUT2D eigenvalue weighted by atomic mass is 127. The lowest BCUT2D eigenvalue weighted by Crippen LogP contribution is -2.26. The van der Waals surface area contributed by atoms with Gasteiger partial charge in [0.05, 0.1) is 5.56 Å². The van der Waals surface area contributed by atoms with Gasteiger partial charge in [-0.25, -0.2) is 0 Å². The minimum atomic E-state index is -0.0709. The monoisotopic (exact) mass is 391 g/mol. The van der Waals surface area contributed by atoms with E-state index in [1.165, 1.54) is 4.88 Å². The maximum absolute atomic E-state index is 12.0. The van der Waals surface area contributed by atoms with Crippen LogP contribution >= 0.6 is 45.5 Å². The Balaban J connectivity index is 1.93. The van der Waals surface area contributed by atoms with Gasteiger partial charge in [0, 0.05) is 20.0 Å². The van der Waals surface area contributed by atoms with Crippen LogP contribution in [0, 0.1) is 3.57 Å². The van der Waals surface area contributed by atoms with Gasteiger partial charge in [0.1, 0.15) is 0 Å². The van der Waals surface area contributed by atoms with Crippen LogP contribution < -0.4 is 5.32 Å². The van der Waals surface area contributed by atoms with Crippen molar-refractivity contribution in [2.24, 2.45) is 0 Å². The van der Waals surface area contributed by atoms with Crippen LogP contribution in [0.3, 0.4) is 0 Å². The molecular weight excluding hydrogens is 381 g/mol. The summed E-state index contributed by atoms with van der Waals surface area (Å²) in [5.41, 5.74) is 0.634. The summed E-state index contributed by atoms with van der Waals surface area (Å²) in [5, 5.41) is 5.53. The number of thiophene rings is 1. The molecule has 1 N–H and O–H groups in total. The average Bonchev–Trinajstić information content (AvgIpc) is 2.85. The molecule has 0 spiro atoms. The lowest BCUT2D eigenvalue weighted by Gasteiger charge is -2.06. The van der Waals surface area contributed by atoms with Crippen molar-refractivity contribution in [3.8, 4) is 0 Å². The molecule has 0 aliphatic heterocycles. The first-order chi connectivity index (χ1) is 8.66. The van der Waals surface area contributed by atoms with E-state index >= 15 is 0 Å². The lowest BCUT2D eigenvalue weighted by molar-refractivity contribution is 0.0953. The van der Waals surface area contributed by atoms with Crippen LogP contribution in [0.2, 0.25) is 5.02 Å². The summed E-state index contributed by atoms with van der Waals surface area (Å²) in [6, 6.07) is 9.41. The average molecular weight is 392 g/mol. The van der Waals surface area contributed by atoms with Gasteiger partial charge in [-0.15, -0.1) is 11.3 Å². The Morgan fingerprint density at radius 2 is 2.22 bits per heavy atom. The van der Waals surface area contributed by atoms with Crippen molar-refractivity contribution >= 4 is 51.4 Å². The summed E-state index contributed by atoms with van der Waals surface area (Å²) in [4.78, 5) is 13.2. The first kappa shape index (κ1) is 13.8. The Labute approximate surface area is 129 Å². The summed E-state index contributed by atoms with van der Waals surface area (Å²) in [6.45, 7) is 0.641. The first-order valence-corrected chi connectivity index (χ1v) is 7.76. The van der Waals surface area contributed by atoms with Gasteiger partial charge in [-0.2, -0.15) is 0 Å². The second kappa shape index (κ2) is 6.54. The second-order valence-corrected chi connectivity index (χ2v) is 6.34. The Hall–Kier alpha value is -0.590. The molecule has 0 radical (unpaired) electrons. The molecule has 1 aromatic carbocycles. The van der Waals surface area contributed by atoms with Crippen LogP contribution in [-0.2, 0) is 6.42 Å². The third kappa shape index (κ3) is 3.70. The number of halogens is 2. The molecule has 2 nitrogen and oxygen atoms in total. The van der Waals surface area contributed by atoms with Crippen molar-refractivity contribution in [1.29, 1.82) is 0 Å². The quantitative estimate of drug-likeness (QED) is 0.785. The number of amides is 1. The lowest BCUT2D eigenvalue weighted by atomic mass is 10.2. The Bertz CT molecular complexity index is 542. The minimum absolute atomic E-state index is 0.0709. The van der Waals surface area contributed by atoms with E-state index in [-0.39, 0.29) is 5.91 Å². The zero-order valence-electron chi connectivity index (χ0n) is 9.45.